The first-order valence-corrected chi connectivity index (χ1v) is 9.44. The molecule has 0 bridgehead atoms. The lowest BCUT2D eigenvalue weighted by atomic mass is 9.97. The molecular formula is C18H15NO5S. The van der Waals surface area contributed by atoms with E-state index in [9.17, 15) is 23.1 Å². The second-order valence-electron chi connectivity index (χ2n) is 6.19. The van der Waals surface area contributed by atoms with Crippen LogP contribution in [0.1, 0.15) is 39.1 Å². The van der Waals surface area contributed by atoms with Gasteiger partial charge in [-0.05, 0) is 43.2 Å². The fraction of sp³-hybridized carbons (Fsp3) is 0.222. The summed E-state index contributed by atoms with van der Waals surface area (Å²) in [4.78, 5) is 26.0. The number of carboxylic acids is 1. The lowest BCUT2D eigenvalue weighted by Gasteiger charge is -2.23. The maximum Gasteiger partial charge on any atom is 0.336 e. The molecule has 0 amide bonds. The van der Waals surface area contributed by atoms with Gasteiger partial charge >= 0.3 is 5.97 Å². The molecule has 2 aromatic carbocycles. The summed E-state index contributed by atoms with van der Waals surface area (Å²) >= 11 is 0. The molecule has 0 saturated carbocycles. The average molecular weight is 357 g/mol. The third kappa shape index (κ3) is 2.26. The van der Waals surface area contributed by atoms with Crippen LogP contribution in [0.15, 0.2) is 46.2 Å². The molecule has 2 aliphatic rings. The molecule has 4 rings (SSSR count). The fourth-order valence-electron chi connectivity index (χ4n) is 3.51. The van der Waals surface area contributed by atoms with Crippen LogP contribution in [0.4, 0.5) is 5.69 Å². The Balaban J connectivity index is 1.95. The van der Waals surface area contributed by atoms with Crippen molar-refractivity contribution in [2.45, 2.75) is 22.6 Å². The van der Waals surface area contributed by atoms with Crippen molar-refractivity contribution in [3.05, 3.63) is 53.1 Å². The largest absolute Gasteiger partial charge is 0.478 e. The molecule has 1 fully saturated rings. The van der Waals surface area contributed by atoms with Crippen molar-refractivity contribution in [2.24, 2.45) is 0 Å². The monoisotopic (exact) mass is 357 g/mol. The van der Waals surface area contributed by atoms with Crippen molar-refractivity contribution in [3.63, 3.8) is 0 Å². The number of nitrogens with zero attached hydrogens (tertiary/aromatic N) is 1. The number of aromatic carboxylic acids is 1. The molecule has 128 valence electrons. The molecule has 2 heterocycles. The van der Waals surface area contributed by atoms with Crippen LogP contribution in [0, 0.1) is 0 Å². The number of carboxylic acid groups (broad SMARTS) is 1. The third-order valence-electron chi connectivity index (χ3n) is 4.74. The van der Waals surface area contributed by atoms with Gasteiger partial charge in [0.15, 0.2) is 5.78 Å². The van der Waals surface area contributed by atoms with Crippen molar-refractivity contribution < 1.29 is 23.1 Å². The SMILES string of the molecule is O=C(O)c1cccc2c1C(=O)c1ccc(N3CCCC3)cc1S2(=O)=O. The number of benzene rings is 2. The highest BCUT2D eigenvalue weighted by molar-refractivity contribution is 7.91. The van der Waals surface area contributed by atoms with E-state index in [4.69, 9.17) is 0 Å². The van der Waals surface area contributed by atoms with Gasteiger partial charge in [-0.25, -0.2) is 13.2 Å². The molecular weight excluding hydrogens is 342 g/mol. The molecule has 0 aromatic heterocycles. The number of carbonyl (C=O) groups excluding carboxylic acids is 1. The summed E-state index contributed by atoms with van der Waals surface area (Å²) in [5.41, 5.74) is 0.256. The lowest BCUT2D eigenvalue weighted by Crippen LogP contribution is -2.24. The van der Waals surface area contributed by atoms with Gasteiger partial charge in [-0.2, -0.15) is 0 Å². The van der Waals surface area contributed by atoms with Crippen LogP contribution in [0.25, 0.3) is 0 Å². The van der Waals surface area contributed by atoms with Gasteiger partial charge in [0.1, 0.15) is 0 Å². The van der Waals surface area contributed by atoms with E-state index in [-0.39, 0.29) is 26.5 Å². The van der Waals surface area contributed by atoms with Crippen molar-refractivity contribution >= 4 is 27.3 Å². The van der Waals surface area contributed by atoms with E-state index in [2.05, 4.69) is 4.90 Å². The first kappa shape index (κ1) is 15.8. The van der Waals surface area contributed by atoms with Gasteiger partial charge in [0.2, 0.25) is 9.84 Å². The van der Waals surface area contributed by atoms with E-state index in [1.807, 2.05) is 0 Å². The second-order valence-corrected chi connectivity index (χ2v) is 8.08. The number of rotatable bonds is 2. The summed E-state index contributed by atoms with van der Waals surface area (Å²) < 4.78 is 26.0. The molecule has 0 unspecified atom stereocenters. The summed E-state index contributed by atoms with van der Waals surface area (Å²) in [7, 11) is -3.95. The van der Waals surface area contributed by atoms with E-state index in [1.165, 1.54) is 30.3 Å². The molecule has 1 N–H and O–H groups in total. The van der Waals surface area contributed by atoms with Crippen molar-refractivity contribution in [3.8, 4) is 0 Å². The average Bonchev–Trinajstić information content (AvgIpc) is 3.13. The van der Waals surface area contributed by atoms with Crippen molar-refractivity contribution in [1.29, 1.82) is 0 Å². The molecule has 1 saturated heterocycles. The molecule has 0 aliphatic carbocycles. The van der Waals surface area contributed by atoms with Gasteiger partial charge in [0.25, 0.3) is 0 Å². The number of anilines is 1. The number of hydrogen-bond acceptors (Lipinski definition) is 5. The Morgan fingerprint density at radius 2 is 1.76 bits per heavy atom. The van der Waals surface area contributed by atoms with E-state index in [0.29, 0.717) is 0 Å². The highest BCUT2D eigenvalue weighted by atomic mass is 32.2. The minimum absolute atomic E-state index is 0.0316. The molecule has 25 heavy (non-hydrogen) atoms. The zero-order valence-corrected chi connectivity index (χ0v) is 14.0. The number of carbonyl (C=O) groups is 2. The van der Waals surface area contributed by atoms with Crippen LogP contribution in [-0.4, -0.2) is 38.4 Å². The van der Waals surface area contributed by atoms with Crippen LogP contribution >= 0.6 is 0 Å². The molecule has 2 aromatic rings. The second kappa shape index (κ2) is 5.42. The summed E-state index contributed by atoms with van der Waals surface area (Å²) in [5.74, 6) is -1.89. The van der Waals surface area contributed by atoms with Crippen LogP contribution in [0.3, 0.4) is 0 Å². The van der Waals surface area contributed by atoms with Gasteiger partial charge < -0.3 is 10.0 Å². The predicted octanol–water partition coefficient (Wildman–Crippen LogP) is 2.36. The molecule has 0 atom stereocenters. The maximum absolute atomic E-state index is 13.0. The van der Waals surface area contributed by atoms with E-state index < -0.39 is 21.6 Å². The Bertz CT molecular complexity index is 1020. The minimum Gasteiger partial charge on any atom is -0.478 e. The normalized spacial score (nSPS) is 17.9. The molecule has 6 nitrogen and oxygen atoms in total. The topological polar surface area (TPSA) is 91.8 Å². The quantitative estimate of drug-likeness (QED) is 0.757. The van der Waals surface area contributed by atoms with Gasteiger partial charge in [-0.3, -0.25) is 4.79 Å². The lowest BCUT2D eigenvalue weighted by molar-refractivity contribution is 0.0692. The molecule has 0 radical (unpaired) electrons. The van der Waals surface area contributed by atoms with E-state index >= 15 is 0 Å². The molecule has 0 spiro atoms. The molecule has 2 aliphatic heterocycles. The summed E-state index contributed by atoms with van der Waals surface area (Å²) in [5, 5.41) is 9.31. The van der Waals surface area contributed by atoms with Gasteiger partial charge in [0.05, 0.1) is 20.9 Å². The Hall–Kier alpha value is -2.67. The zero-order chi connectivity index (χ0) is 17.8. The van der Waals surface area contributed by atoms with Gasteiger partial charge in [0, 0.05) is 24.3 Å². The maximum atomic E-state index is 13.0. The van der Waals surface area contributed by atoms with Crippen LogP contribution in [-0.2, 0) is 9.84 Å². The smallest absolute Gasteiger partial charge is 0.336 e. The van der Waals surface area contributed by atoms with Crippen LogP contribution in [0.5, 0.6) is 0 Å². The Morgan fingerprint density at radius 1 is 1.04 bits per heavy atom. The predicted molar refractivity (Wildman–Crippen MR) is 90.2 cm³/mol. The minimum atomic E-state index is -3.95. The number of ketones is 1. The number of hydrogen-bond donors (Lipinski definition) is 1. The zero-order valence-electron chi connectivity index (χ0n) is 13.2. The standard InChI is InChI=1S/C18H15NO5S/c20-17-12-7-6-11(19-8-1-2-9-19)10-15(12)25(23,24)14-5-3-4-13(16(14)17)18(21)22/h3-7,10H,1-2,8-9H2,(H,21,22). The van der Waals surface area contributed by atoms with Crippen LogP contribution in [0.2, 0.25) is 0 Å². The summed E-state index contributed by atoms with van der Waals surface area (Å²) in [6.45, 7) is 1.71. The Labute approximate surface area is 144 Å². The first-order valence-electron chi connectivity index (χ1n) is 7.96. The summed E-state index contributed by atoms with van der Waals surface area (Å²) in [6, 6.07) is 8.64. The van der Waals surface area contributed by atoms with Crippen molar-refractivity contribution in [1.82, 2.24) is 0 Å². The van der Waals surface area contributed by atoms with E-state index in [1.54, 1.807) is 6.07 Å². The number of sulfone groups is 1. The first-order chi connectivity index (χ1) is 11.9. The van der Waals surface area contributed by atoms with Crippen LogP contribution < -0.4 is 4.90 Å². The molecule has 7 heteroatoms. The van der Waals surface area contributed by atoms with Crippen molar-refractivity contribution in [2.75, 3.05) is 18.0 Å². The summed E-state index contributed by atoms with van der Waals surface area (Å²) in [6.07, 6.45) is 2.10. The Morgan fingerprint density at radius 3 is 2.44 bits per heavy atom. The fourth-order valence-corrected chi connectivity index (χ4v) is 5.21. The number of fused-ring (bicyclic) bond motifs is 2. The Kier molecular flexibility index (Phi) is 3.43. The van der Waals surface area contributed by atoms with E-state index in [0.717, 1.165) is 31.6 Å². The highest BCUT2D eigenvalue weighted by Crippen LogP contribution is 2.38. The van der Waals surface area contributed by atoms with Gasteiger partial charge in [-0.15, -0.1) is 0 Å². The highest BCUT2D eigenvalue weighted by Gasteiger charge is 2.38. The van der Waals surface area contributed by atoms with Gasteiger partial charge in [-0.1, -0.05) is 6.07 Å². The third-order valence-corrected chi connectivity index (χ3v) is 6.58.